The number of nitrogens with zero attached hydrogens (tertiary/aromatic N) is 2. The van der Waals surface area contributed by atoms with E-state index in [0.29, 0.717) is 6.04 Å². The number of rotatable bonds is 7. The maximum Gasteiger partial charge on any atom is 0.173 e. The summed E-state index contributed by atoms with van der Waals surface area (Å²) in [6.45, 7) is 8.34. The molecule has 148 valence electrons. The smallest absolute Gasteiger partial charge is 0.173 e. The highest BCUT2D eigenvalue weighted by Gasteiger charge is 2.19. The van der Waals surface area contributed by atoms with Crippen LogP contribution in [0.4, 0.5) is 5.69 Å². The fourth-order valence-corrected chi connectivity index (χ4v) is 3.77. The largest absolute Gasteiger partial charge is 0.497 e. The first kappa shape index (κ1) is 20.2. The number of para-hydroxylation sites is 1. The van der Waals surface area contributed by atoms with Gasteiger partial charge in [-0.3, -0.25) is 0 Å². The summed E-state index contributed by atoms with van der Waals surface area (Å²) in [6.07, 6.45) is 3.28. The van der Waals surface area contributed by atoms with E-state index in [1.165, 1.54) is 16.5 Å². The maximum atomic E-state index is 5.80. The number of methoxy groups -OCH3 is 1. The number of anilines is 1. The van der Waals surface area contributed by atoms with E-state index in [1.54, 1.807) is 7.11 Å². The number of nitrogens with one attached hydrogen (secondary N) is 1. The number of ether oxygens (including phenoxy) is 1. The molecule has 0 spiro atoms. The number of benzene rings is 2. The van der Waals surface area contributed by atoms with Crippen molar-refractivity contribution in [3.05, 3.63) is 60.3 Å². The minimum absolute atomic E-state index is 0.335. The number of aryl methyl sites for hydroxylation is 1. The number of hydrogen-bond acceptors (Lipinski definition) is 2. The molecule has 5 heteroatoms. The third-order valence-electron chi connectivity index (χ3n) is 5.28. The minimum atomic E-state index is 0.335. The van der Waals surface area contributed by atoms with Gasteiger partial charge in [-0.15, -0.1) is 0 Å². The van der Waals surface area contributed by atoms with Crippen LogP contribution in [0.25, 0.3) is 10.9 Å². The summed E-state index contributed by atoms with van der Waals surface area (Å²) in [5.74, 6) is 0.836. The second-order valence-electron chi connectivity index (χ2n) is 7.00. The third-order valence-corrected chi connectivity index (χ3v) is 5.61. The SMILES string of the molecule is CC[C@@H](C)N(Cc1cn(CC)c2ccccc12)C(=S)Nc1ccc(OC)cc1. The van der Waals surface area contributed by atoms with Crippen molar-refractivity contribution in [2.24, 2.45) is 0 Å². The lowest BCUT2D eigenvalue weighted by molar-refractivity contribution is 0.320. The molecule has 3 aromatic rings. The summed E-state index contributed by atoms with van der Waals surface area (Å²) in [7, 11) is 1.67. The maximum absolute atomic E-state index is 5.80. The summed E-state index contributed by atoms with van der Waals surface area (Å²) in [4.78, 5) is 2.28. The molecule has 3 rings (SSSR count). The molecule has 0 aliphatic rings. The van der Waals surface area contributed by atoms with Crippen molar-refractivity contribution in [2.75, 3.05) is 12.4 Å². The third kappa shape index (κ3) is 4.30. The summed E-state index contributed by atoms with van der Waals surface area (Å²) in [5.41, 5.74) is 3.55. The van der Waals surface area contributed by atoms with Gasteiger partial charge in [0.05, 0.1) is 7.11 Å². The van der Waals surface area contributed by atoms with Gasteiger partial charge in [0, 0.05) is 41.9 Å². The van der Waals surface area contributed by atoms with Gasteiger partial charge in [0.15, 0.2) is 5.11 Å². The van der Waals surface area contributed by atoms with E-state index >= 15 is 0 Å². The molecule has 0 radical (unpaired) electrons. The second-order valence-corrected chi connectivity index (χ2v) is 7.39. The van der Waals surface area contributed by atoms with Gasteiger partial charge in [0.25, 0.3) is 0 Å². The van der Waals surface area contributed by atoms with Gasteiger partial charge in [-0.1, -0.05) is 25.1 Å². The van der Waals surface area contributed by atoms with E-state index in [9.17, 15) is 0 Å². The van der Waals surface area contributed by atoms with Gasteiger partial charge in [-0.05, 0) is 68.4 Å². The zero-order valence-corrected chi connectivity index (χ0v) is 17.9. The Labute approximate surface area is 173 Å². The molecule has 4 nitrogen and oxygen atoms in total. The lowest BCUT2D eigenvalue weighted by Crippen LogP contribution is -2.40. The lowest BCUT2D eigenvalue weighted by Gasteiger charge is -2.31. The Hall–Kier alpha value is -2.53. The van der Waals surface area contributed by atoms with Crippen LogP contribution in [0, 0.1) is 0 Å². The summed E-state index contributed by atoms with van der Waals surface area (Å²) >= 11 is 5.80. The molecule has 0 bridgehead atoms. The summed E-state index contributed by atoms with van der Waals surface area (Å²) in [6, 6.07) is 16.8. The fraction of sp³-hybridized carbons (Fsp3) is 0.348. The number of aromatic nitrogens is 1. The Bertz CT molecular complexity index is 933. The number of fused-ring (bicyclic) bond motifs is 1. The Morgan fingerprint density at radius 2 is 1.86 bits per heavy atom. The van der Waals surface area contributed by atoms with E-state index in [4.69, 9.17) is 17.0 Å². The van der Waals surface area contributed by atoms with Crippen LogP contribution in [-0.4, -0.2) is 27.7 Å². The molecule has 28 heavy (non-hydrogen) atoms. The molecule has 1 aromatic heterocycles. The first-order chi connectivity index (χ1) is 13.6. The lowest BCUT2D eigenvalue weighted by atomic mass is 10.1. The van der Waals surface area contributed by atoms with Crippen LogP contribution in [0.2, 0.25) is 0 Å². The number of thiocarbonyl (C=S) groups is 1. The average Bonchev–Trinajstić information content (AvgIpc) is 3.09. The van der Waals surface area contributed by atoms with Crippen LogP contribution in [0.3, 0.4) is 0 Å². The number of hydrogen-bond donors (Lipinski definition) is 1. The van der Waals surface area contributed by atoms with Crippen molar-refractivity contribution in [1.82, 2.24) is 9.47 Å². The van der Waals surface area contributed by atoms with E-state index in [-0.39, 0.29) is 0 Å². The average molecular weight is 396 g/mol. The van der Waals surface area contributed by atoms with E-state index in [1.807, 2.05) is 24.3 Å². The van der Waals surface area contributed by atoms with Crippen LogP contribution in [0.15, 0.2) is 54.7 Å². The fourth-order valence-electron chi connectivity index (χ4n) is 3.41. The first-order valence-electron chi connectivity index (χ1n) is 9.85. The van der Waals surface area contributed by atoms with Crippen molar-refractivity contribution >= 4 is 33.9 Å². The standard InChI is InChI=1S/C23H29N3OS/c1-5-17(3)26(23(28)24-19-11-13-20(27-4)14-12-19)16-18-15-25(6-2)22-10-8-7-9-21(18)22/h7-15,17H,5-6,16H2,1-4H3,(H,24,28)/t17-/m1/s1. The van der Waals surface area contributed by atoms with Gasteiger partial charge < -0.3 is 19.5 Å². The molecule has 0 aliphatic heterocycles. The highest BCUT2D eigenvalue weighted by Crippen LogP contribution is 2.24. The highest BCUT2D eigenvalue weighted by molar-refractivity contribution is 7.80. The highest BCUT2D eigenvalue weighted by atomic mass is 32.1. The van der Waals surface area contributed by atoms with Gasteiger partial charge in [0.1, 0.15) is 5.75 Å². The normalized spacial score (nSPS) is 12.0. The summed E-state index contributed by atoms with van der Waals surface area (Å²) < 4.78 is 7.54. The van der Waals surface area contributed by atoms with Crippen molar-refractivity contribution in [1.29, 1.82) is 0 Å². The molecule has 1 heterocycles. The predicted octanol–water partition coefficient (Wildman–Crippen LogP) is 5.67. The van der Waals surface area contributed by atoms with E-state index < -0.39 is 0 Å². The van der Waals surface area contributed by atoms with Gasteiger partial charge in [-0.25, -0.2) is 0 Å². The molecular formula is C23H29N3OS. The van der Waals surface area contributed by atoms with E-state index in [0.717, 1.165) is 36.1 Å². The second kappa shape index (κ2) is 9.11. The van der Waals surface area contributed by atoms with Crippen LogP contribution in [-0.2, 0) is 13.1 Å². The Morgan fingerprint density at radius 1 is 1.14 bits per heavy atom. The molecule has 2 aromatic carbocycles. The molecule has 0 saturated carbocycles. The Balaban J connectivity index is 1.85. The Kier molecular flexibility index (Phi) is 6.57. The zero-order chi connectivity index (χ0) is 20.1. The molecular weight excluding hydrogens is 366 g/mol. The van der Waals surface area contributed by atoms with Crippen molar-refractivity contribution < 1.29 is 4.74 Å². The quantitative estimate of drug-likeness (QED) is 0.522. The Morgan fingerprint density at radius 3 is 2.50 bits per heavy atom. The van der Waals surface area contributed by atoms with Crippen molar-refractivity contribution in [2.45, 2.75) is 46.3 Å². The van der Waals surface area contributed by atoms with Crippen LogP contribution < -0.4 is 10.1 Å². The molecule has 0 unspecified atom stereocenters. The predicted molar refractivity (Wildman–Crippen MR) is 122 cm³/mol. The monoisotopic (exact) mass is 395 g/mol. The minimum Gasteiger partial charge on any atom is -0.497 e. The van der Waals surface area contributed by atoms with Crippen molar-refractivity contribution in [3.63, 3.8) is 0 Å². The van der Waals surface area contributed by atoms with E-state index in [2.05, 4.69) is 66.0 Å². The first-order valence-corrected chi connectivity index (χ1v) is 10.3. The van der Waals surface area contributed by atoms with Crippen molar-refractivity contribution in [3.8, 4) is 5.75 Å². The summed E-state index contributed by atoms with van der Waals surface area (Å²) in [5, 5.41) is 5.43. The topological polar surface area (TPSA) is 29.4 Å². The van der Waals surface area contributed by atoms with Crippen LogP contribution in [0.5, 0.6) is 5.75 Å². The van der Waals surface area contributed by atoms with Crippen LogP contribution in [0.1, 0.15) is 32.8 Å². The molecule has 0 amide bonds. The molecule has 1 N–H and O–H groups in total. The molecule has 0 saturated heterocycles. The molecule has 0 aliphatic carbocycles. The molecule has 0 fully saturated rings. The van der Waals surface area contributed by atoms with Gasteiger partial charge in [0.2, 0.25) is 0 Å². The van der Waals surface area contributed by atoms with Gasteiger partial charge in [-0.2, -0.15) is 0 Å². The van der Waals surface area contributed by atoms with Crippen LogP contribution >= 0.6 is 12.2 Å². The molecule has 1 atom stereocenters. The van der Waals surface area contributed by atoms with Gasteiger partial charge >= 0.3 is 0 Å². The zero-order valence-electron chi connectivity index (χ0n) is 17.1.